The summed E-state index contributed by atoms with van der Waals surface area (Å²) in [5.74, 6) is -0.538. The van der Waals surface area contributed by atoms with Crippen molar-refractivity contribution in [3.8, 4) is 0 Å². The largest absolute Gasteiger partial charge is 0.481 e. The molecule has 0 rings (SSSR count). The predicted octanol–water partition coefficient (Wildman–Crippen LogP) is 1.09. The van der Waals surface area contributed by atoms with Gasteiger partial charge in [-0.2, -0.15) is 13.1 Å². The highest BCUT2D eigenvalue weighted by Crippen LogP contribution is 2.20. The van der Waals surface area contributed by atoms with Crippen molar-refractivity contribution in [1.29, 1.82) is 0 Å². The quantitative estimate of drug-likeness (QED) is 0.553. The molecule has 1 amide bonds. The first-order valence-corrected chi connectivity index (χ1v) is 8.32. The van der Waals surface area contributed by atoms with Crippen LogP contribution in [-0.2, 0) is 19.7 Å². The average molecular weight is 324 g/mol. The Bertz CT molecular complexity index is 435. The Morgan fingerprint density at radius 1 is 1.24 bits per heavy atom. The van der Waals surface area contributed by atoms with Crippen molar-refractivity contribution in [3.63, 3.8) is 0 Å². The molecule has 1 unspecified atom stereocenters. The van der Waals surface area contributed by atoms with Crippen LogP contribution >= 0.6 is 0 Å². The SMILES string of the molecule is CCOC(=O)NS(=O)(=O)NCCC(CCC(=O)O)C(C)C. The van der Waals surface area contributed by atoms with Crippen LogP contribution < -0.4 is 9.44 Å². The molecule has 0 bridgehead atoms. The summed E-state index contributed by atoms with van der Waals surface area (Å²) in [5.41, 5.74) is 0. The molecular weight excluding hydrogens is 300 g/mol. The fourth-order valence-electron chi connectivity index (χ4n) is 1.80. The van der Waals surface area contributed by atoms with Crippen LogP contribution in [0, 0.1) is 11.8 Å². The second-order valence-electron chi connectivity index (χ2n) is 4.95. The van der Waals surface area contributed by atoms with Crippen molar-refractivity contribution >= 4 is 22.3 Å². The summed E-state index contributed by atoms with van der Waals surface area (Å²) in [6.45, 7) is 5.67. The summed E-state index contributed by atoms with van der Waals surface area (Å²) in [6, 6.07) is 0. The van der Waals surface area contributed by atoms with E-state index in [9.17, 15) is 18.0 Å². The molecule has 0 radical (unpaired) electrons. The van der Waals surface area contributed by atoms with Crippen LogP contribution in [0.2, 0.25) is 0 Å². The predicted molar refractivity (Wildman–Crippen MR) is 76.9 cm³/mol. The third-order valence-electron chi connectivity index (χ3n) is 2.97. The molecule has 9 heteroatoms. The first kappa shape index (κ1) is 19.7. The molecule has 0 aliphatic heterocycles. The topological polar surface area (TPSA) is 122 Å². The van der Waals surface area contributed by atoms with Gasteiger partial charge in [0.25, 0.3) is 0 Å². The van der Waals surface area contributed by atoms with E-state index in [2.05, 4.69) is 9.46 Å². The lowest BCUT2D eigenvalue weighted by Gasteiger charge is -2.20. The Kier molecular flexibility index (Phi) is 8.95. The molecule has 21 heavy (non-hydrogen) atoms. The van der Waals surface area contributed by atoms with Gasteiger partial charge in [0.2, 0.25) is 0 Å². The van der Waals surface area contributed by atoms with Gasteiger partial charge in [-0.05, 0) is 31.6 Å². The number of carbonyl (C=O) groups is 2. The Morgan fingerprint density at radius 2 is 1.86 bits per heavy atom. The number of nitrogens with one attached hydrogen (secondary N) is 2. The highest BCUT2D eigenvalue weighted by molar-refractivity contribution is 7.88. The van der Waals surface area contributed by atoms with Crippen LogP contribution in [0.1, 0.15) is 40.0 Å². The van der Waals surface area contributed by atoms with Crippen molar-refractivity contribution in [2.24, 2.45) is 11.8 Å². The van der Waals surface area contributed by atoms with Gasteiger partial charge in [-0.25, -0.2) is 9.52 Å². The van der Waals surface area contributed by atoms with Crippen molar-refractivity contribution in [2.75, 3.05) is 13.2 Å². The molecular formula is C12H24N2O6S. The van der Waals surface area contributed by atoms with Crippen LogP contribution in [0.5, 0.6) is 0 Å². The second kappa shape index (κ2) is 9.56. The van der Waals surface area contributed by atoms with Gasteiger partial charge >= 0.3 is 22.3 Å². The van der Waals surface area contributed by atoms with E-state index in [0.29, 0.717) is 12.8 Å². The molecule has 0 heterocycles. The van der Waals surface area contributed by atoms with Crippen molar-refractivity contribution < 1.29 is 27.9 Å². The molecule has 1 atom stereocenters. The van der Waals surface area contributed by atoms with Gasteiger partial charge in [0.1, 0.15) is 0 Å². The molecule has 0 aromatic carbocycles. The normalized spacial score (nSPS) is 13.0. The van der Waals surface area contributed by atoms with E-state index in [1.807, 2.05) is 13.8 Å². The summed E-state index contributed by atoms with van der Waals surface area (Å²) in [4.78, 5) is 21.6. The first-order valence-electron chi connectivity index (χ1n) is 6.83. The minimum Gasteiger partial charge on any atom is -0.481 e. The zero-order valence-electron chi connectivity index (χ0n) is 12.6. The third-order valence-corrected chi connectivity index (χ3v) is 3.99. The molecule has 8 nitrogen and oxygen atoms in total. The molecule has 0 aliphatic carbocycles. The van der Waals surface area contributed by atoms with Crippen LogP contribution in [0.15, 0.2) is 0 Å². The van der Waals surface area contributed by atoms with Gasteiger partial charge < -0.3 is 9.84 Å². The standard InChI is InChI=1S/C12H24N2O6S/c1-4-20-12(17)14-21(18,19)13-8-7-10(9(2)3)5-6-11(15)16/h9-10,13H,4-8H2,1-3H3,(H,14,17)(H,15,16). The fraction of sp³-hybridized carbons (Fsp3) is 0.833. The molecule has 0 fully saturated rings. The Hall–Kier alpha value is -1.35. The number of rotatable bonds is 10. The number of aliphatic carboxylic acids is 1. The molecule has 124 valence electrons. The number of hydrogen-bond acceptors (Lipinski definition) is 5. The third kappa shape index (κ3) is 10.1. The lowest BCUT2D eigenvalue weighted by molar-refractivity contribution is -0.137. The minimum atomic E-state index is -3.95. The number of carbonyl (C=O) groups excluding carboxylic acids is 1. The summed E-state index contributed by atoms with van der Waals surface area (Å²) < 4.78 is 31.5. The monoisotopic (exact) mass is 324 g/mol. The second-order valence-corrected chi connectivity index (χ2v) is 6.45. The molecule has 3 N–H and O–H groups in total. The summed E-state index contributed by atoms with van der Waals surface area (Å²) in [5, 5.41) is 8.68. The molecule has 0 saturated carbocycles. The van der Waals surface area contributed by atoms with Crippen molar-refractivity contribution in [2.45, 2.75) is 40.0 Å². The number of amides is 1. The van der Waals surface area contributed by atoms with Gasteiger partial charge in [-0.15, -0.1) is 0 Å². The Labute approximate surface area is 125 Å². The number of ether oxygens (including phenoxy) is 1. The van der Waals surface area contributed by atoms with Crippen LogP contribution in [0.25, 0.3) is 0 Å². The summed E-state index contributed by atoms with van der Waals surface area (Å²) in [6.07, 6.45) is 0.00191. The number of hydrogen-bond donors (Lipinski definition) is 3. The maximum Gasteiger partial charge on any atom is 0.421 e. The van der Waals surface area contributed by atoms with Gasteiger partial charge in [-0.3, -0.25) is 4.79 Å². The van der Waals surface area contributed by atoms with E-state index in [1.54, 1.807) is 11.6 Å². The van der Waals surface area contributed by atoms with Crippen LogP contribution in [0.4, 0.5) is 4.79 Å². The highest BCUT2D eigenvalue weighted by atomic mass is 32.2. The van der Waals surface area contributed by atoms with E-state index < -0.39 is 22.3 Å². The maximum atomic E-state index is 11.5. The lowest BCUT2D eigenvalue weighted by Crippen LogP contribution is -2.41. The highest BCUT2D eigenvalue weighted by Gasteiger charge is 2.18. The van der Waals surface area contributed by atoms with Gasteiger partial charge in [0.15, 0.2) is 0 Å². The number of carboxylic acids is 1. The van der Waals surface area contributed by atoms with E-state index in [1.165, 1.54) is 0 Å². The molecule has 0 spiro atoms. The van der Waals surface area contributed by atoms with E-state index >= 15 is 0 Å². The fourth-order valence-corrected chi connectivity index (χ4v) is 2.54. The van der Waals surface area contributed by atoms with E-state index in [-0.39, 0.29) is 31.4 Å². The van der Waals surface area contributed by atoms with Gasteiger partial charge in [-0.1, -0.05) is 13.8 Å². The lowest BCUT2D eigenvalue weighted by atomic mass is 9.88. The molecule has 0 aromatic rings. The van der Waals surface area contributed by atoms with Crippen molar-refractivity contribution in [1.82, 2.24) is 9.44 Å². The van der Waals surface area contributed by atoms with Gasteiger partial charge in [0.05, 0.1) is 6.61 Å². The zero-order chi connectivity index (χ0) is 16.5. The van der Waals surface area contributed by atoms with Crippen LogP contribution in [0.3, 0.4) is 0 Å². The molecule has 0 aromatic heterocycles. The minimum absolute atomic E-state index is 0.0523. The first-order chi connectivity index (χ1) is 9.68. The molecule has 0 saturated heterocycles. The average Bonchev–Trinajstić information content (AvgIpc) is 2.32. The summed E-state index contributed by atoms with van der Waals surface area (Å²) >= 11 is 0. The van der Waals surface area contributed by atoms with E-state index in [0.717, 1.165) is 0 Å². The Morgan fingerprint density at radius 3 is 2.33 bits per heavy atom. The zero-order valence-corrected chi connectivity index (χ0v) is 13.4. The Balaban J connectivity index is 4.23. The summed E-state index contributed by atoms with van der Waals surface area (Å²) in [7, 11) is -3.95. The van der Waals surface area contributed by atoms with Gasteiger partial charge in [0, 0.05) is 13.0 Å². The van der Waals surface area contributed by atoms with E-state index in [4.69, 9.17) is 5.11 Å². The van der Waals surface area contributed by atoms with Crippen molar-refractivity contribution in [3.05, 3.63) is 0 Å². The maximum absolute atomic E-state index is 11.5. The number of carboxylic acid groups (broad SMARTS) is 1. The molecule has 0 aliphatic rings. The van der Waals surface area contributed by atoms with Crippen LogP contribution in [-0.4, -0.2) is 38.7 Å². The smallest absolute Gasteiger partial charge is 0.421 e.